The van der Waals surface area contributed by atoms with Crippen molar-refractivity contribution in [2.75, 3.05) is 37.6 Å². The molecule has 156 valence electrons. The van der Waals surface area contributed by atoms with E-state index in [1.54, 1.807) is 6.07 Å². The van der Waals surface area contributed by atoms with E-state index >= 15 is 0 Å². The molecule has 1 heterocycles. The normalized spacial score (nSPS) is 16.4. The largest absolute Gasteiger partial charge is 0.441 e. The molecule has 1 fully saturated rings. The Labute approximate surface area is 167 Å². The summed E-state index contributed by atoms with van der Waals surface area (Å²) in [6.45, 7) is 3.40. The highest BCUT2D eigenvalue weighted by molar-refractivity contribution is 5.65. The van der Waals surface area contributed by atoms with Gasteiger partial charge in [-0.15, -0.1) is 0 Å². The second kappa shape index (κ2) is 9.17. The highest BCUT2D eigenvalue weighted by Crippen LogP contribution is 2.32. The van der Waals surface area contributed by atoms with Crippen molar-refractivity contribution in [3.05, 3.63) is 65.7 Å². The highest BCUT2D eigenvalue weighted by atomic mass is 19.4. The van der Waals surface area contributed by atoms with Gasteiger partial charge in [0.2, 0.25) is 0 Å². The van der Waals surface area contributed by atoms with Gasteiger partial charge in [0.25, 0.3) is 0 Å². The zero-order valence-corrected chi connectivity index (χ0v) is 15.9. The minimum atomic E-state index is -4.34. The maximum Gasteiger partial charge on any atom is 0.416 e. The Hall–Kier alpha value is -2.74. The Kier molecular flexibility index (Phi) is 6.64. The number of nitrogens with zero attached hydrogens (tertiary/aromatic N) is 2. The van der Waals surface area contributed by atoms with Crippen LogP contribution in [0, 0.1) is 0 Å². The molecule has 8 heteroatoms. The van der Waals surface area contributed by atoms with Gasteiger partial charge in [-0.05, 0) is 23.8 Å². The van der Waals surface area contributed by atoms with Gasteiger partial charge in [-0.1, -0.05) is 36.4 Å². The summed E-state index contributed by atoms with van der Waals surface area (Å²) >= 11 is 0. The summed E-state index contributed by atoms with van der Waals surface area (Å²) in [4.78, 5) is 15.4. The molecule has 2 aromatic rings. The average Bonchev–Trinajstić information content (AvgIpc) is 2.71. The summed E-state index contributed by atoms with van der Waals surface area (Å²) in [7, 11) is 0. The van der Waals surface area contributed by atoms with E-state index in [-0.39, 0.29) is 0 Å². The lowest BCUT2D eigenvalue weighted by molar-refractivity contribution is -0.137. The van der Waals surface area contributed by atoms with E-state index in [0.29, 0.717) is 44.8 Å². The second-order valence-corrected chi connectivity index (χ2v) is 7.00. The van der Waals surface area contributed by atoms with E-state index in [1.807, 2.05) is 35.2 Å². The molecule has 2 aromatic carbocycles. The number of anilines is 1. The summed E-state index contributed by atoms with van der Waals surface area (Å²) in [5.74, 6) is 0. The molecule has 0 radical (unpaired) electrons. The molecule has 29 heavy (non-hydrogen) atoms. The summed E-state index contributed by atoms with van der Waals surface area (Å²) in [5, 5.41) is 0. The van der Waals surface area contributed by atoms with E-state index in [2.05, 4.69) is 4.90 Å². The number of piperazine rings is 1. The van der Waals surface area contributed by atoms with Crippen molar-refractivity contribution < 1.29 is 22.7 Å². The monoisotopic (exact) mass is 407 g/mol. The van der Waals surface area contributed by atoms with Gasteiger partial charge in [-0.25, -0.2) is 4.79 Å². The molecule has 0 aromatic heterocycles. The summed E-state index contributed by atoms with van der Waals surface area (Å²) in [6, 6.07) is 14.8. The number of hydrogen-bond donors (Lipinski definition) is 1. The van der Waals surface area contributed by atoms with Crippen LogP contribution in [0.25, 0.3) is 0 Å². The van der Waals surface area contributed by atoms with Crippen LogP contribution in [0.5, 0.6) is 0 Å². The molecule has 5 nitrogen and oxygen atoms in total. The van der Waals surface area contributed by atoms with E-state index < -0.39 is 23.9 Å². The molecule has 3 rings (SSSR count). The molecule has 1 amide bonds. The fourth-order valence-corrected chi connectivity index (χ4v) is 3.51. The first-order chi connectivity index (χ1) is 13.8. The minimum Gasteiger partial charge on any atom is -0.441 e. The van der Waals surface area contributed by atoms with Crippen molar-refractivity contribution >= 4 is 11.8 Å². The fourth-order valence-electron chi connectivity index (χ4n) is 3.51. The van der Waals surface area contributed by atoms with Crippen LogP contribution in [-0.4, -0.2) is 43.7 Å². The lowest BCUT2D eigenvalue weighted by Gasteiger charge is -2.36. The molecule has 0 spiro atoms. The summed E-state index contributed by atoms with van der Waals surface area (Å²) < 4.78 is 44.1. The Morgan fingerprint density at radius 3 is 2.34 bits per heavy atom. The van der Waals surface area contributed by atoms with E-state index in [9.17, 15) is 18.0 Å². The maximum absolute atomic E-state index is 12.9. The molecule has 0 bridgehead atoms. The van der Waals surface area contributed by atoms with Crippen LogP contribution >= 0.6 is 0 Å². The van der Waals surface area contributed by atoms with Crippen LogP contribution in [0.1, 0.15) is 23.7 Å². The Balaban J connectivity index is 1.55. The summed E-state index contributed by atoms with van der Waals surface area (Å²) in [5.41, 5.74) is 6.04. The van der Waals surface area contributed by atoms with E-state index in [0.717, 1.165) is 11.6 Å². The number of carbonyl (C=O) groups is 1. The van der Waals surface area contributed by atoms with Gasteiger partial charge in [0.15, 0.2) is 0 Å². The van der Waals surface area contributed by atoms with Gasteiger partial charge in [0.05, 0.1) is 5.56 Å². The van der Waals surface area contributed by atoms with Crippen molar-refractivity contribution in [2.24, 2.45) is 5.73 Å². The molecule has 1 aliphatic heterocycles. The van der Waals surface area contributed by atoms with Gasteiger partial charge in [0, 0.05) is 44.8 Å². The third-order valence-electron chi connectivity index (χ3n) is 5.05. The number of nitrogens with two attached hydrogens (primary N) is 1. The first kappa shape index (κ1) is 21.0. The second-order valence-electron chi connectivity index (χ2n) is 7.00. The number of carbonyl (C=O) groups excluding carboxylic acids is 1. The standard InChI is InChI=1S/C21H24F3N3O2/c22-21(23,24)17-7-4-8-18(15-17)27-13-11-26(12-14-27)10-9-19(29-20(25)28)16-5-2-1-3-6-16/h1-8,15,19H,9-14H2,(H2,25,28). The number of amides is 1. The van der Waals surface area contributed by atoms with Gasteiger partial charge < -0.3 is 15.4 Å². The first-order valence-corrected chi connectivity index (χ1v) is 9.48. The summed E-state index contributed by atoms with van der Waals surface area (Å²) in [6.07, 6.45) is -4.98. The molecule has 1 aliphatic rings. The van der Waals surface area contributed by atoms with Crippen molar-refractivity contribution in [1.82, 2.24) is 4.90 Å². The van der Waals surface area contributed by atoms with Crippen LogP contribution in [0.2, 0.25) is 0 Å². The molecule has 0 saturated carbocycles. The van der Waals surface area contributed by atoms with Crippen molar-refractivity contribution in [2.45, 2.75) is 18.7 Å². The quantitative estimate of drug-likeness (QED) is 0.785. The van der Waals surface area contributed by atoms with Crippen LogP contribution in [0.15, 0.2) is 54.6 Å². The predicted molar refractivity (Wildman–Crippen MR) is 105 cm³/mol. The zero-order chi connectivity index (χ0) is 20.9. The maximum atomic E-state index is 12.9. The number of halogens is 3. The first-order valence-electron chi connectivity index (χ1n) is 9.48. The smallest absolute Gasteiger partial charge is 0.416 e. The van der Waals surface area contributed by atoms with Gasteiger partial charge >= 0.3 is 12.3 Å². The Morgan fingerprint density at radius 2 is 1.72 bits per heavy atom. The number of ether oxygens (including phenoxy) is 1. The van der Waals surface area contributed by atoms with Crippen LogP contribution in [0.4, 0.5) is 23.7 Å². The van der Waals surface area contributed by atoms with Crippen LogP contribution in [-0.2, 0) is 10.9 Å². The molecule has 1 unspecified atom stereocenters. The van der Waals surface area contributed by atoms with Gasteiger partial charge in [-0.3, -0.25) is 4.90 Å². The molecule has 1 atom stereocenters. The average molecular weight is 407 g/mol. The van der Waals surface area contributed by atoms with Crippen molar-refractivity contribution in [3.8, 4) is 0 Å². The van der Waals surface area contributed by atoms with Crippen LogP contribution < -0.4 is 10.6 Å². The third kappa shape index (κ3) is 5.87. The molecule has 2 N–H and O–H groups in total. The minimum absolute atomic E-state index is 0.421. The number of benzene rings is 2. The Morgan fingerprint density at radius 1 is 1.03 bits per heavy atom. The van der Waals surface area contributed by atoms with Crippen molar-refractivity contribution in [3.63, 3.8) is 0 Å². The SMILES string of the molecule is NC(=O)OC(CCN1CCN(c2cccc(C(F)(F)F)c2)CC1)c1ccccc1. The highest BCUT2D eigenvalue weighted by Gasteiger charge is 2.31. The lowest BCUT2D eigenvalue weighted by Crippen LogP contribution is -2.47. The molecule has 1 saturated heterocycles. The fraction of sp³-hybridized carbons (Fsp3) is 0.381. The number of rotatable bonds is 6. The predicted octanol–water partition coefficient (Wildman–Crippen LogP) is 4.05. The molecular weight excluding hydrogens is 383 g/mol. The Bertz CT molecular complexity index is 806. The van der Waals surface area contributed by atoms with E-state index in [1.165, 1.54) is 12.1 Å². The zero-order valence-electron chi connectivity index (χ0n) is 15.9. The topological polar surface area (TPSA) is 58.8 Å². The number of alkyl halides is 3. The number of hydrogen-bond acceptors (Lipinski definition) is 4. The van der Waals surface area contributed by atoms with Crippen LogP contribution in [0.3, 0.4) is 0 Å². The third-order valence-corrected chi connectivity index (χ3v) is 5.05. The molecule has 0 aliphatic carbocycles. The van der Waals surface area contributed by atoms with E-state index in [4.69, 9.17) is 10.5 Å². The number of primary amides is 1. The molecular formula is C21H24F3N3O2. The van der Waals surface area contributed by atoms with Gasteiger partial charge in [0.1, 0.15) is 6.10 Å². The van der Waals surface area contributed by atoms with Crippen molar-refractivity contribution in [1.29, 1.82) is 0 Å². The lowest BCUT2D eigenvalue weighted by atomic mass is 10.1. The van der Waals surface area contributed by atoms with Gasteiger partial charge in [-0.2, -0.15) is 13.2 Å².